The van der Waals surface area contributed by atoms with Crippen molar-refractivity contribution in [1.29, 1.82) is 0 Å². The lowest BCUT2D eigenvalue weighted by Crippen LogP contribution is -2.44. The monoisotopic (exact) mass is 332 g/mol. The standard InChI is InChI=1S/C19H28N2O3/c1-15(20-18(22)17-10-6-11-17)19(23)24-13-7-12-21(2)14-16-8-4-3-5-9-16/h3-5,8-9,15,17H,6-7,10-14H2,1-2H3,(H,20,22)/t15-/m1/s1. The van der Waals surface area contributed by atoms with Crippen LogP contribution in [0.2, 0.25) is 0 Å². The summed E-state index contributed by atoms with van der Waals surface area (Å²) in [4.78, 5) is 25.9. The Morgan fingerprint density at radius 3 is 2.62 bits per heavy atom. The number of ether oxygens (including phenoxy) is 1. The fourth-order valence-corrected chi connectivity index (χ4v) is 2.67. The largest absolute Gasteiger partial charge is 0.464 e. The van der Waals surface area contributed by atoms with E-state index in [9.17, 15) is 9.59 Å². The minimum atomic E-state index is -0.569. The molecule has 1 fully saturated rings. The van der Waals surface area contributed by atoms with Crippen LogP contribution in [0.5, 0.6) is 0 Å². The van der Waals surface area contributed by atoms with E-state index in [4.69, 9.17) is 4.74 Å². The van der Waals surface area contributed by atoms with Crippen LogP contribution in [0, 0.1) is 5.92 Å². The van der Waals surface area contributed by atoms with Gasteiger partial charge in [-0.2, -0.15) is 0 Å². The van der Waals surface area contributed by atoms with Crippen LogP contribution in [0.4, 0.5) is 0 Å². The minimum Gasteiger partial charge on any atom is -0.464 e. The molecule has 0 unspecified atom stereocenters. The second-order valence-electron chi connectivity index (χ2n) is 6.60. The molecule has 0 heterocycles. The summed E-state index contributed by atoms with van der Waals surface area (Å²) in [5.41, 5.74) is 1.27. The summed E-state index contributed by atoms with van der Waals surface area (Å²) in [5, 5.41) is 2.74. The molecule has 1 atom stereocenters. The predicted molar refractivity (Wildman–Crippen MR) is 93.3 cm³/mol. The number of hydrogen-bond acceptors (Lipinski definition) is 4. The van der Waals surface area contributed by atoms with Gasteiger partial charge in [-0.3, -0.25) is 4.79 Å². The summed E-state index contributed by atoms with van der Waals surface area (Å²) < 4.78 is 5.26. The maximum Gasteiger partial charge on any atom is 0.328 e. The van der Waals surface area contributed by atoms with Crippen molar-refractivity contribution in [3.8, 4) is 0 Å². The molecule has 0 saturated heterocycles. The number of benzene rings is 1. The van der Waals surface area contributed by atoms with E-state index < -0.39 is 6.04 Å². The zero-order chi connectivity index (χ0) is 17.4. The average molecular weight is 332 g/mol. The molecule has 2 rings (SSSR count). The van der Waals surface area contributed by atoms with E-state index in [0.717, 1.165) is 38.8 Å². The van der Waals surface area contributed by atoms with Crippen molar-refractivity contribution in [2.75, 3.05) is 20.2 Å². The van der Waals surface area contributed by atoms with Crippen LogP contribution < -0.4 is 5.32 Å². The summed E-state index contributed by atoms with van der Waals surface area (Å²) in [6.45, 7) is 3.79. The van der Waals surface area contributed by atoms with Gasteiger partial charge in [0.25, 0.3) is 0 Å². The highest BCUT2D eigenvalue weighted by atomic mass is 16.5. The smallest absolute Gasteiger partial charge is 0.328 e. The predicted octanol–water partition coefficient (Wildman–Crippen LogP) is 2.36. The fraction of sp³-hybridized carbons (Fsp3) is 0.579. The third-order valence-corrected chi connectivity index (χ3v) is 4.41. The molecule has 1 aliphatic rings. The molecule has 0 bridgehead atoms. The van der Waals surface area contributed by atoms with Crippen molar-refractivity contribution >= 4 is 11.9 Å². The zero-order valence-electron chi connectivity index (χ0n) is 14.7. The molecular weight excluding hydrogens is 304 g/mol. The third kappa shape index (κ3) is 5.96. The lowest BCUT2D eigenvalue weighted by molar-refractivity contribution is -0.148. The van der Waals surface area contributed by atoms with Gasteiger partial charge in [0.05, 0.1) is 6.61 Å². The first-order chi connectivity index (χ1) is 11.6. The number of carbonyl (C=O) groups excluding carboxylic acids is 2. The Morgan fingerprint density at radius 2 is 2.00 bits per heavy atom. The summed E-state index contributed by atoms with van der Waals surface area (Å²) in [6.07, 6.45) is 3.74. The Hall–Kier alpha value is -1.88. The van der Waals surface area contributed by atoms with E-state index >= 15 is 0 Å². The van der Waals surface area contributed by atoms with Crippen LogP contribution >= 0.6 is 0 Å². The van der Waals surface area contributed by atoms with Gasteiger partial charge in [-0.25, -0.2) is 4.79 Å². The van der Waals surface area contributed by atoms with Gasteiger partial charge in [0.1, 0.15) is 6.04 Å². The van der Waals surface area contributed by atoms with E-state index in [-0.39, 0.29) is 17.8 Å². The first-order valence-electron chi connectivity index (χ1n) is 8.75. The molecule has 1 saturated carbocycles. The second kappa shape index (κ2) is 9.42. The van der Waals surface area contributed by atoms with Gasteiger partial charge < -0.3 is 15.0 Å². The Kier molecular flexibility index (Phi) is 7.25. The van der Waals surface area contributed by atoms with Crippen LogP contribution in [-0.4, -0.2) is 43.0 Å². The highest BCUT2D eigenvalue weighted by Gasteiger charge is 2.27. The summed E-state index contributed by atoms with van der Waals surface area (Å²) in [6, 6.07) is 9.70. The van der Waals surface area contributed by atoms with Crippen LogP contribution in [0.1, 0.15) is 38.2 Å². The highest BCUT2D eigenvalue weighted by molar-refractivity contribution is 5.85. The number of amides is 1. The first-order valence-corrected chi connectivity index (χ1v) is 8.75. The summed E-state index contributed by atoms with van der Waals surface area (Å²) in [7, 11) is 2.05. The number of nitrogens with zero attached hydrogens (tertiary/aromatic N) is 1. The number of nitrogens with one attached hydrogen (secondary N) is 1. The van der Waals surface area contributed by atoms with Crippen molar-refractivity contribution in [2.24, 2.45) is 5.92 Å². The quantitative estimate of drug-likeness (QED) is 0.557. The van der Waals surface area contributed by atoms with Gasteiger partial charge in [-0.05, 0) is 38.8 Å². The number of esters is 1. The lowest BCUT2D eigenvalue weighted by Gasteiger charge is -2.25. The topological polar surface area (TPSA) is 58.6 Å². The van der Waals surface area contributed by atoms with Gasteiger partial charge >= 0.3 is 5.97 Å². The van der Waals surface area contributed by atoms with Gasteiger partial charge in [0.15, 0.2) is 0 Å². The number of hydrogen-bond donors (Lipinski definition) is 1. The van der Waals surface area contributed by atoms with Crippen molar-refractivity contribution < 1.29 is 14.3 Å². The average Bonchev–Trinajstić information content (AvgIpc) is 2.50. The second-order valence-corrected chi connectivity index (χ2v) is 6.60. The number of carbonyl (C=O) groups is 2. The van der Waals surface area contributed by atoms with E-state index in [1.54, 1.807) is 6.92 Å². The molecule has 0 aliphatic heterocycles. The molecule has 132 valence electrons. The van der Waals surface area contributed by atoms with Gasteiger partial charge in [-0.15, -0.1) is 0 Å². The summed E-state index contributed by atoms with van der Waals surface area (Å²) in [5.74, 6) is -0.284. The Bertz CT molecular complexity index is 529. The molecule has 5 nitrogen and oxygen atoms in total. The van der Waals surface area contributed by atoms with Crippen LogP contribution in [0.25, 0.3) is 0 Å². The van der Waals surface area contributed by atoms with E-state index in [0.29, 0.717) is 6.61 Å². The molecule has 0 spiro atoms. The van der Waals surface area contributed by atoms with Crippen molar-refractivity contribution in [3.05, 3.63) is 35.9 Å². The lowest BCUT2D eigenvalue weighted by atomic mass is 9.84. The fourth-order valence-electron chi connectivity index (χ4n) is 2.67. The van der Waals surface area contributed by atoms with Gasteiger partial charge in [-0.1, -0.05) is 36.8 Å². The van der Waals surface area contributed by atoms with E-state index in [1.807, 2.05) is 18.2 Å². The maximum absolute atomic E-state index is 11.9. The summed E-state index contributed by atoms with van der Waals surface area (Å²) >= 11 is 0. The Labute approximate surface area is 144 Å². The Morgan fingerprint density at radius 1 is 1.29 bits per heavy atom. The molecule has 1 aliphatic carbocycles. The molecule has 5 heteroatoms. The van der Waals surface area contributed by atoms with Gasteiger partial charge in [0.2, 0.25) is 5.91 Å². The molecular formula is C19H28N2O3. The van der Waals surface area contributed by atoms with Crippen LogP contribution in [0.15, 0.2) is 30.3 Å². The van der Waals surface area contributed by atoms with Crippen LogP contribution in [0.3, 0.4) is 0 Å². The van der Waals surface area contributed by atoms with Crippen molar-refractivity contribution in [2.45, 2.75) is 45.2 Å². The van der Waals surface area contributed by atoms with Crippen molar-refractivity contribution in [1.82, 2.24) is 10.2 Å². The third-order valence-electron chi connectivity index (χ3n) is 4.41. The molecule has 1 N–H and O–H groups in total. The van der Waals surface area contributed by atoms with E-state index in [1.165, 1.54) is 5.56 Å². The molecule has 1 aromatic rings. The maximum atomic E-state index is 11.9. The number of rotatable bonds is 9. The van der Waals surface area contributed by atoms with Crippen molar-refractivity contribution in [3.63, 3.8) is 0 Å². The minimum absolute atomic E-state index is 0.0201. The normalized spacial score (nSPS) is 15.6. The molecule has 1 aromatic carbocycles. The highest BCUT2D eigenvalue weighted by Crippen LogP contribution is 2.26. The van der Waals surface area contributed by atoms with Crippen LogP contribution in [-0.2, 0) is 20.9 Å². The molecule has 0 radical (unpaired) electrons. The SMILES string of the molecule is C[C@@H](NC(=O)C1CCC1)C(=O)OCCCN(C)Cc1ccccc1. The molecule has 1 amide bonds. The molecule has 24 heavy (non-hydrogen) atoms. The van der Waals surface area contributed by atoms with Gasteiger partial charge in [0, 0.05) is 19.0 Å². The first kappa shape index (κ1) is 18.5. The molecule has 0 aromatic heterocycles. The zero-order valence-corrected chi connectivity index (χ0v) is 14.7. The van der Waals surface area contributed by atoms with E-state index in [2.05, 4.69) is 29.4 Å². The Balaban J connectivity index is 1.57.